The van der Waals surface area contributed by atoms with Crippen molar-refractivity contribution >= 4 is 22.6 Å². The molecule has 2 heterocycles. The smallest absolute Gasteiger partial charge is 0.295 e. The maximum absolute atomic E-state index is 13.8. The Balaban J connectivity index is 1.57. The van der Waals surface area contributed by atoms with Crippen LogP contribution in [0.15, 0.2) is 75.9 Å². The summed E-state index contributed by atoms with van der Waals surface area (Å²) in [6.45, 7) is 6.90. The third kappa shape index (κ3) is 4.78. The summed E-state index contributed by atoms with van der Waals surface area (Å²) in [4.78, 5) is 29.3. The van der Waals surface area contributed by atoms with Crippen LogP contribution in [-0.4, -0.2) is 12.5 Å². The summed E-state index contributed by atoms with van der Waals surface area (Å²) in [6.07, 6.45) is 5.49. The van der Waals surface area contributed by atoms with Crippen molar-refractivity contribution in [3.63, 3.8) is 0 Å². The van der Waals surface area contributed by atoms with Crippen molar-refractivity contribution in [2.75, 3.05) is 11.5 Å². The molecular weight excluding hydrogens is 462 g/mol. The Bertz CT molecular complexity index is 1470. The topological polar surface area (TPSA) is 59.8 Å². The van der Waals surface area contributed by atoms with E-state index in [1.54, 1.807) is 11.0 Å². The summed E-state index contributed by atoms with van der Waals surface area (Å²) in [5.41, 5.74) is 4.36. The quantitative estimate of drug-likeness (QED) is 0.227. The molecule has 0 N–H and O–H groups in total. The molecular formula is C32H33NO4. The second-order valence-corrected chi connectivity index (χ2v) is 9.75. The van der Waals surface area contributed by atoms with Crippen molar-refractivity contribution in [2.45, 2.75) is 58.9 Å². The molecule has 1 aromatic heterocycles. The van der Waals surface area contributed by atoms with Crippen molar-refractivity contribution in [2.24, 2.45) is 0 Å². The van der Waals surface area contributed by atoms with Crippen LogP contribution >= 0.6 is 0 Å². The standard InChI is InChI=1S/C32H33NO4/c1-4-6-7-8-19-36-25-16-12-23(13-17-25)29-28-30(34)26-20-21(3)9-18-27(26)37-31(28)32(35)33(29)24-14-10-22(5-2)11-15-24/h9-18,20,29H,4-8,19H2,1-3H3. The Morgan fingerprint density at radius 1 is 0.892 bits per heavy atom. The molecule has 1 aliphatic rings. The Labute approximate surface area is 217 Å². The number of anilines is 1. The summed E-state index contributed by atoms with van der Waals surface area (Å²) < 4.78 is 12.0. The molecule has 37 heavy (non-hydrogen) atoms. The number of carbonyl (C=O) groups is 1. The SMILES string of the molecule is CCCCCCOc1ccc(C2c3c(oc4ccc(C)cc4c3=O)C(=O)N2c2ccc(CC)cc2)cc1. The number of amides is 1. The molecule has 0 saturated carbocycles. The number of benzene rings is 3. The van der Waals surface area contributed by atoms with Gasteiger partial charge in [-0.1, -0.05) is 69.0 Å². The van der Waals surface area contributed by atoms with E-state index in [0.717, 1.165) is 41.8 Å². The minimum absolute atomic E-state index is 0.113. The first-order valence-electron chi connectivity index (χ1n) is 13.2. The van der Waals surface area contributed by atoms with Crippen LogP contribution in [0.4, 0.5) is 5.69 Å². The molecule has 0 bridgehead atoms. The van der Waals surface area contributed by atoms with Gasteiger partial charge in [-0.15, -0.1) is 0 Å². The van der Waals surface area contributed by atoms with E-state index in [-0.39, 0.29) is 17.1 Å². The number of rotatable bonds is 9. The minimum atomic E-state index is -0.588. The third-order valence-electron chi connectivity index (χ3n) is 7.11. The first kappa shape index (κ1) is 24.8. The molecule has 5 nitrogen and oxygen atoms in total. The van der Waals surface area contributed by atoms with Gasteiger partial charge in [-0.25, -0.2) is 0 Å². The van der Waals surface area contributed by atoms with Crippen molar-refractivity contribution in [3.8, 4) is 5.75 Å². The van der Waals surface area contributed by atoms with Crippen LogP contribution < -0.4 is 15.1 Å². The Morgan fingerprint density at radius 2 is 1.65 bits per heavy atom. The molecule has 1 amide bonds. The molecule has 4 aromatic rings. The maximum atomic E-state index is 13.8. The summed E-state index contributed by atoms with van der Waals surface area (Å²) in [5.74, 6) is 0.590. The lowest BCUT2D eigenvalue weighted by Crippen LogP contribution is -2.29. The van der Waals surface area contributed by atoms with Gasteiger partial charge in [-0.2, -0.15) is 0 Å². The zero-order valence-electron chi connectivity index (χ0n) is 21.8. The summed E-state index contributed by atoms with van der Waals surface area (Å²) in [6, 6.07) is 20.5. The largest absolute Gasteiger partial charge is 0.494 e. The summed E-state index contributed by atoms with van der Waals surface area (Å²) >= 11 is 0. The van der Waals surface area contributed by atoms with Crippen LogP contribution in [0, 0.1) is 6.92 Å². The highest BCUT2D eigenvalue weighted by Gasteiger charge is 2.43. The van der Waals surface area contributed by atoms with Gasteiger partial charge in [0, 0.05) is 5.69 Å². The van der Waals surface area contributed by atoms with Crippen LogP contribution in [0.25, 0.3) is 11.0 Å². The number of ether oxygens (including phenoxy) is 1. The number of unbranched alkanes of at least 4 members (excludes halogenated alkanes) is 3. The van der Waals surface area contributed by atoms with E-state index in [2.05, 4.69) is 13.8 Å². The van der Waals surface area contributed by atoms with E-state index in [4.69, 9.17) is 9.15 Å². The van der Waals surface area contributed by atoms with Gasteiger partial charge in [0.2, 0.25) is 5.76 Å². The number of aryl methyl sites for hydroxylation is 2. The predicted molar refractivity (Wildman–Crippen MR) is 148 cm³/mol. The molecule has 0 aliphatic carbocycles. The lowest BCUT2D eigenvalue weighted by atomic mass is 9.97. The molecule has 0 saturated heterocycles. The van der Waals surface area contributed by atoms with Gasteiger partial charge in [0.1, 0.15) is 11.3 Å². The minimum Gasteiger partial charge on any atom is -0.494 e. The highest BCUT2D eigenvalue weighted by atomic mass is 16.5. The van der Waals surface area contributed by atoms with Crippen LogP contribution in [0.2, 0.25) is 0 Å². The molecule has 1 atom stereocenters. The van der Waals surface area contributed by atoms with Crippen LogP contribution in [-0.2, 0) is 6.42 Å². The van der Waals surface area contributed by atoms with E-state index in [0.29, 0.717) is 23.1 Å². The van der Waals surface area contributed by atoms with Gasteiger partial charge in [-0.3, -0.25) is 14.5 Å². The number of carbonyl (C=O) groups excluding carboxylic acids is 1. The summed E-state index contributed by atoms with van der Waals surface area (Å²) in [5, 5.41) is 0.492. The molecule has 5 rings (SSSR count). The number of hydrogen-bond acceptors (Lipinski definition) is 4. The summed E-state index contributed by atoms with van der Waals surface area (Å²) in [7, 11) is 0. The Morgan fingerprint density at radius 3 is 2.35 bits per heavy atom. The van der Waals surface area contributed by atoms with E-state index in [1.807, 2.05) is 67.6 Å². The Kier molecular flexibility index (Phi) is 7.13. The van der Waals surface area contributed by atoms with Gasteiger partial charge < -0.3 is 9.15 Å². The lowest BCUT2D eigenvalue weighted by Gasteiger charge is -2.25. The molecule has 5 heteroatoms. The second kappa shape index (κ2) is 10.6. The van der Waals surface area contributed by atoms with Gasteiger partial charge >= 0.3 is 0 Å². The molecule has 1 aliphatic heterocycles. The van der Waals surface area contributed by atoms with Crippen molar-refractivity contribution in [1.29, 1.82) is 0 Å². The van der Waals surface area contributed by atoms with Crippen molar-refractivity contribution in [1.82, 2.24) is 0 Å². The fraction of sp³-hybridized carbons (Fsp3) is 0.312. The number of nitrogens with zero attached hydrogens (tertiary/aromatic N) is 1. The maximum Gasteiger partial charge on any atom is 0.295 e. The number of fused-ring (bicyclic) bond motifs is 2. The van der Waals surface area contributed by atoms with Crippen LogP contribution in [0.1, 0.15) is 78.4 Å². The average Bonchev–Trinajstić information content (AvgIpc) is 3.21. The van der Waals surface area contributed by atoms with Crippen LogP contribution in [0.3, 0.4) is 0 Å². The van der Waals surface area contributed by atoms with Gasteiger partial charge in [0.05, 0.1) is 23.6 Å². The van der Waals surface area contributed by atoms with Gasteiger partial charge in [-0.05, 0) is 67.3 Å². The average molecular weight is 496 g/mol. The van der Waals surface area contributed by atoms with E-state index < -0.39 is 6.04 Å². The Hall–Kier alpha value is -3.86. The van der Waals surface area contributed by atoms with Crippen molar-refractivity contribution in [3.05, 3.63) is 105 Å². The van der Waals surface area contributed by atoms with Gasteiger partial charge in [0.15, 0.2) is 5.43 Å². The fourth-order valence-corrected chi connectivity index (χ4v) is 5.03. The highest BCUT2D eigenvalue weighted by Crippen LogP contribution is 2.41. The molecule has 0 spiro atoms. The molecule has 1 unspecified atom stereocenters. The first-order chi connectivity index (χ1) is 18.0. The third-order valence-corrected chi connectivity index (χ3v) is 7.11. The van der Waals surface area contributed by atoms with Gasteiger partial charge in [0.25, 0.3) is 5.91 Å². The highest BCUT2D eigenvalue weighted by molar-refractivity contribution is 6.10. The first-order valence-corrected chi connectivity index (χ1v) is 13.2. The normalized spacial score (nSPS) is 14.8. The molecule has 0 fully saturated rings. The zero-order chi connectivity index (χ0) is 25.9. The monoisotopic (exact) mass is 495 g/mol. The van der Waals surface area contributed by atoms with E-state index >= 15 is 0 Å². The molecule has 190 valence electrons. The molecule has 3 aromatic carbocycles. The predicted octanol–water partition coefficient (Wildman–Crippen LogP) is 7.37. The fourth-order valence-electron chi connectivity index (χ4n) is 5.03. The second-order valence-electron chi connectivity index (χ2n) is 9.75. The van der Waals surface area contributed by atoms with E-state index in [1.165, 1.54) is 18.4 Å². The van der Waals surface area contributed by atoms with E-state index in [9.17, 15) is 9.59 Å². The van der Waals surface area contributed by atoms with Crippen LogP contribution in [0.5, 0.6) is 5.75 Å². The van der Waals surface area contributed by atoms with Crippen molar-refractivity contribution < 1.29 is 13.9 Å². The lowest BCUT2D eigenvalue weighted by molar-refractivity contribution is 0.0971. The number of hydrogen-bond donors (Lipinski definition) is 0. The zero-order valence-corrected chi connectivity index (χ0v) is 21.8. The molecule has 0 radical (unpaired) electrons.